The van der Waals surface area contributed by atoms with Crippen LogP contribution in [0.2, 0.25) is 5.02 Å². The van der Waals surface area contributed by atoms with Gasteiger partial charge in [-0.1, -0.05) is 35.4 Å². The third-order valence-corrected chi connectivity index (χ3v) is 5.84. The highest BCUT2D eigenvalue weighted by Gasteiger charge is 2.29. The summed E-state index contributed by atoms with van der Waals surface area (Å²) in [7, 11) is 0. The van der Waals surface area contributed by atoms with Gasteiger partial charge in [0.2, 0.25) is 5.89 Å². The average Bonchev–Trinajstić information content (AvgIpc) is 3.20. The Labute approximate surface area is 170 Å². The van der Waals surface area contributed by atoms with Gasteiger partial charge in [-0.05, 0) is 50.6 Å². The molecule has 1 N–H and O–H groups in total. The smallest absolute Gasteiger partial charge is 0.274 e. The van der Waals surface area contributed by atoms with Gasteiger partial charge in [-0.3, -0.25) is 0 Å². The summed E-state index contributed by atoms with van der Waals surface area (Å²) in [4.78, 5) is 3.89. The first kappa shape index (κ1) is 19.0. The number of rotatable bonds is 4. The monoisotopic (exact) mass is 397 g/mol. The second-order valence-corrected chi connectivity index (χ2v) is 8.05. The fourth-order valence-corrected chi connectivity index (χ4v) is 4.04. The van der Waals surface area contributed by atoms with Crippen molar-refractivity contribution in [2.75, 3.05) is 31.1 Å². The summed E-state index contributed by atoms with van der Waals surface area (Å²) in [5.74, 6) is 1.30. The first-order valence-electron chi connectivity index (χ1n) is 9.77. The number of piperazine rings is 1. The van der Waals surface area contributed by atoms with E-state index in [4.69, 9.17) is 16.0 Å². The molecule has 0 bridgehead atoms. The Balaban J connectivity index is 1.43. The molecule has 0 unspecified atom stereocenters. The molecule has 0 amide bonds. The fraction of sp³-hybridized carbons (Fsp3) is 0.364. The number of aryl methyl sites for hydroxylation is 2. The van der Waals surface area contributed by atoms with Gasteiger partial charge < -0.3 is 14.2 Å². The Bertz CT molecular complexity index is 963. The average molecular weight is 398 g/mol. The van der Waals surface area contributed by atoms with Crippen molar-refractivity contribution in [2.45, 2.75) is 26.8 Å². The molecule has 2 aromatic carbocycles. The summed E-state index contributed by atoms with van der Waals surface area (Å²) in [6.07, 6.45) is 0. The zero-order valence-corrected chi connectivity index (χ0v) is 17.3. The Morgan fingerprint density at radius 2 is 1.86 bits per heavy atom. The Hall–Kier alpha value is -2.37. The highest BCUT2D eigenvalue weighted by Crippen LogP contribution is 2.25. The van der Waals surface area contributed by atoms with Gasteiger partial charge in [-0.15, -0.1) is 10.2 Å². The van der Waals surface area contributed by atoms with Crippen LogP contribution in [0.1, 0.15) is 30.0 Å². The number of hydrogen-bond donors (Lipinski definition) is 1. The Morgan fingerprint density at radius 3 is 2.61 bits per heavy atom. The normalized spacial score (nSPS) is 16.4. The number of aromatic nitrogens is 2. The lowest BCUT2D eigenvalue weighted by Gasteiger charge is -2.36. The van der Waals surface area contributed by atoms with Gasteiger partial charge in [-0.25, -0.2) is 0 Å². The summed E-state index contributed by atoms with van der Waals surface area (Å²) in [6.45, 7) is 10.4. The highest BCUT2D eigenvalue weighted by molar-refractivity contribution is 6.30. The van der Waals surface area contributed by atoms with Gasteiger partial charge in [0.05, 0.1) is 26.2 Å². The minimum Gasteiger partial charge on any atom is -0.415 e. The maximum Gasteiger partial charge on any atom is 0.274 e. The first-order chi connectivity index (χ1) is 13.5. The number of benzene rings is 2. The van der Waals surface area contributed by atoms with E-state index in [1.54, 1.807) is 0 Å². The lowest BCUT2D eigenvalue weighted by Crippen LogP contribution is -3.14. The van der Waals surface area contributed by atoms with E-state index in [2.05, 4.69) is 60.1 Å². The highest BCUT2D eigenvalue weighted by atomic mass is 35.5. The summed E-state index contributed by atoms with van der Waals surface area (Å²) >= 11 is 6.20. The minimum absolute atomic E-state index is 0.175. The summed E-state index contributed by atoms with van der Waals surface area (Å²) < 4.78 is 6.01. The van der Waals surface area contributed by atoms with Crippen LogP contribution in [0.5, 0.6) is 0 Å². The first-order valence-corrected chi connectivity index (χ1v) is 10.1. The van der Waals surface area contributed by atoms with E-state index >= 15 is 0 Å². The summed E-state index contributed by atoms with van der Waals surface area (Å²) in [6, 6.07) is 14.4. The molecular formula is C22H26ClN4O+. The molecule has 146 valence electrons. The number of nitrogens with one attached hydrogen (secondary N) is 1. The zero-order valence-electron chi connectivity index (χ0n) is 16.6. The van der Waals surface area contributed by atoms with E-state index in [0.717, 1.165) is 36.8 Å². The second kappa shape index (κ2) is 7.94. The van der Waals surface area contributed by atoms with E-state index < -0.39 is 0 Å². The van der Waals surface area contributed by atoms with Gasteiger partial charge in [0.1, 0.15) is 0 Å². The van der Waals surface area contributed by atoms with Gasteiger partial charge in [0.15, 0.2) is 6.04 Å². The molecule has 1 saturated heterocycles. The van der Waals surface area contributed by atoms with Crippen LogP contribution in [0.4, 0.5) is 5.69 Å². The second-order valence-electron chi connectivity index (χ2n) is 7.61. The third-order valence-electron chi connectivity index (χ3n) is 5.61. The maximum absolute atomic E-state index is 6.20. The minimum atomic E-state index is 0.175. The van der Waals surface area contributed by atoms with Crippen LogP contribution in [0, 0.1) is 13.8 Å². The van der Waals surface area contributed by atoms with Crippen LogP contribution in [-0.2, 0) is 0 Å². The van der Waals surface area contributed by atoms with Crippen LogP contribution in [0.25, 0.3) is 11.5 Å². The lowest BCUT2D eigenvalue weighted by atomic mass is 10.1. The number of nitrogens with zero attached hydrogens (tertiary/aromatic N) is 3. The fourth-order valence-electron chi connectivity index (χ4n) is 3.87. The van der Waals surface area contributed by atoms with Crippen LogP contribution < -0.4 is 9.80 Å². The molecular weight excluding hydrogens is 372 g/mol. The molecule has 6 heteroatoms. The van der Waals surface area contributed by atoms with Crippen molar-refractivity contribution in [3.8, 4) is 11.5 Å². The SMILES string of the molecule is Cc1cccc(-c2nnc([C@H](C)[NH+]3CCN(c4cc(Cl)ccc4C)CC3)o2)c1. The van der Waals surface area contributed by atoms with E-state index in [0.29, 0.717) is 11.8 Å². The van der Waals surface area contributed by atoms with Crippen LogP contribution in [-0.4, -0.2) is 36.4 Å². The quantitative estimate of drug-likeness (QED) is 0.732. The van der Waals surface area contributed by atoms with E-state index in [1.807, 2.05) is 18.2 Å². The Morgan fingerprint density at radius 1 is 1.07 bits per heavy atom. The molecule has 2 heterocycles. The van der Waals surface area contributed by atoms with E-state index in [-0.39, 0.29) is 6.04 Å². The van der Waals surface area contributed by atoms with Gasteiger partial charge in [0, 0.05) is 16.3 Å². The van der Waals surface area contributed by atoms with E-state index in [9.17, 15) is 0 Å². The van der Waals surface area contributed by atoms with Gasteiger partial charge >= 0.3 is 0 Å². The molecule has 3 aromatic rings. The largest absolute Gasteiger partial charge is 0.415 e. The van der Waals surface area contributed by atoms with Gasteiger partial charge in [0.25, 0.3) is 5.89 Å². The van der Waals surface area contributed by atoms with Crippen LogP contribution >= 0.6 is 11.6 Å². The molecule has 0 spiro atoms. The Kier molecular flexibility index (Phi) is 5.38. The molecule has 5 nitrogen and oxygen atoms in total. The van der Waals surface area contributed by atoms with Crippen molar-refractivity contribution < 1.29 is 9.32 Å². The number of hydrogen-bond acceptors (Lipinski definition) is 4. The molecule has 1 aliphatic rings. The molecule has 1 fully saturated rings. The number of halogens is 1. The van der Waals surface area contributed by atoms with Crippen molar-refractivity contribution >= 4 is 17.3 Å². The molecule has 4 rings (SSSR count). The number of anilines is 1. The van der Waals surface area contributed by atoms with E-state index in [1.165, 1.54) is 21.7 Å². The summed E-state index contributed by atoms with van der Waals surface area (Å²) in [5, 5.41) is 9.39. The molecule has 1 atom stereocenters. The van der Waals surface area contributed by atoms with Gasteiger partial charge in [-0.2, -0.15) is 0 Å². The molecule has 0 radical (unpaired) electrons. The molecule has 0 aliphatic carbocycles. The maximum atomic E-state index is 6.20. The molecule has 0 saturated carbocycles. The molecule has 28 heavy (non-hydrogen) atoms. The van der Waals surface area contributed by atoms with Crippen molar-refractivity contribution in [1.29, 1.82) is 0 Å². The van der Waals surface area contributed by atoms with Crippen molar-refractivity contribution in [3.63, 3.8) is 0 Å². The lowest BCUT2D eigenvalue weighted by molar-refractivity contribution is -0.931. The number of quaternary nitrogens is 1. The van der Waals surface area contributed by atoms with Crippen LogP contribution in [0.15, 0.2) is 46.9 Å². The summed E-state index contributed by atoms with van der Waals surface area (Å²) in [5.41, 5.74) is 4.66. The predicted octanol–water partition coefficient (Wildman–Crippen LogP) is 3.47. The standard InChI is InChI=1S/C22H25ClN4O/c1-15-5-4-6-18(13-15)22-25-24-21(28-22)17(3)26-9-11-27(12-10-26)20-14-19(23)8-7-16(20)2/h4-8,13-14,17H,9-12H2,1-3H3/p+1/t17-/m0/s1. The molecule has 1 aliphatic heterocycles. The third kappa shape index (κ3) is 3.91. The molecule has 1 aromatic heterocycles. The predicted molar refractivity (Wildman–Crippen MR) is 112 cm³/mol. The van der Waals surface area contributed by atoms with Crippen molar-refractivity contribution in [1.82, 2.24) is 10.2 Å². The van der Waals surface area contributed by atoms with Crippen molar-refractivity contribution in [3.05, 3.63) is 64.5 Å². The topological polar surface area (TPSA) is 46.6 Å². The van der Waals surface area contributed by atoms with Crippen LogP contribution in [0.3, 0.4) is 0 Å². The zero-order chi connectivity index (χ0) is 19.7. The van der Waals surface area contributed by atoms with Crippen molar-refractivity contribution in [2.24, 2.45) is 0 Å².